The van der Waals surface area contributed by atoms with Crippen LogP contribution in [0.4, 0.5) is 0 Å². The number of cyclic esters (lactones) is 1. The Hall–Kier alpha value is -2.59. The van der Waals surface area contributed by atoms with Gasteiger partial charge in [-0.15, -0.1) is 0 Å². The van der Waals surface area contributed by atoms with Gasteiger partial charge in [0.05, 0.1) is 12.7 Å². The van der Waals surface area contributed by atoms with Crippen molar-refractivity contribution >= 4 is 11.5 Å². The van der Waals surface area contributed by atoms with E-state index in [1.54, 1.807) is 25.3 Å². The number of carbonyl (C=O) groups is 1. The number of esters is 1. The lowest BCUT2D eigenvalue weighted by molar-refractivity contribution is -0.0547. The quantitative estimate of drug-likeness (QED) is 0.879. The van der Waals surface area contributed by atoms with Crippen LogP contribution in [0.15, 0.2) is 49.0 Å². The molecule has 0 aliphatic carbocycles. The van der Waals surface area contributed by atoms with E-state index in [1.807, 2.05) is 24.3 Å². The first-order chi connectivity index (χ1) is 10.1. The summed E-state index contributed by atoms with van der Waals surface area (Å²) in [6, 6.07) is 12.7. The third kappa shape index (κ3) is 2.30. The van der Waals surface area contributed by atoms with Gasteiger partial charge in [0.2, 0.25) is 6.29 Å². The first-order valence-corrected chi connectivity index (χ1v) is 6.47. The van der Waals surface area contributed by atoms with Crippen LogP contribution in [0.5, 0.6) is 5.75 Å². The number of benzene rings is 2. The highest BCUT2D eigenvalue weighted by Gasteiger charge is 2.29. The van der Waals surface area contributed by atoms with Crippen molar-refractivity contribution in [3.8, 4) is 5.75 Å². The minimum absolute atomic E-state index is 0.397. The van der Waals surface area contributed by atoms with Crippen molar-refractivity contribution in [2.75, 3.05) is 7.11 Å². The van der Waals surface area contributed by atoms with Gasteiger partial charge in [-0.2, -0.15) is 0 Å². The molecule has 0 saturated heterocycles. The number of hydrogen-bond donors (Lipinski definition) is 1. The smallest absolute Gasteiger partial charge is 0.341 e. The third-order valence-electron chi connectivity index (χ3n) is 3.54. The molecule has 1 unspecified atom stereocenters. The van der Waals surface area contributed by atoms with E-state index in [4.69, 9.17) is 9.47 Å². The maximum atomic E-state index is 11.5. The summed E-state index contributed by atoms with van der Waals surface area (Å²) in [7, 11) is 1.61. The zero-order valence-electron chi connectivity index (χ0n) is 11.5. The molecule has 1 heterocycles. The number of aliphatic hydroxyl groups excluding tert-OH is 1. The molecule has 0 amide bonds. The van der Waals surface area contributed by atoms with Crippen LogP contribution in [0.2, 0.25) is 0 Å². The van der Waals surface area contributed by atoms with Crippen LogP contribution in [0.25, 0.3) is 5.57 Å². The minimum Gasteiger partial charge on any atom is -0.497 e. The molecule has 106 valence electrons. The van der Waals surface area contributed by atoms with E-state index < -0.39 is 12.3 Å². The normalized spacial score (nSPS) is 16.3. The van der Waals surface area contributed by atoms with E-state index >= 15 is 0 Å². The standard InChI is InChI=1S/C17H14O4/c1-10(11-3-6-13(20-2)7-4-11)12-5-8-14-15(9-12)17(19)21-16(14)18/h3-9,17,19H,1H2,2H3. The second kappa shape index (κ2) is 5.07. The van der Waals surface area contributed by atoms with Crippen molar-refractivity contribution in [3.63, 3.8) is 0 Å². The van der Waals surface area contributed by atoms with Crippen LogP contribution in [-0.4, -0.2) is 18.2 Å². The van der Waals surface area contributed by atoms with Crippen molar-refractivity contribution in [1.29, 1.82) is 0 Å². The van der Waals surface area contributed by atoms with Gasteiger partial charge in [0.1, 0.15) is 5.75 Å². The zero-order valence-corrected chi connectivity index (χ0v) is 11.5. The van der Waals surface area contributed by atoms with Crippen LogP contribution in [0.1, 0.15) is 33.3 Å². The molecule has 0 fully saturated rings. The Morgan fingerprint density at radius 3 is 2.52 bits per heavy atom. The molecule has 0 aromatic heterocycles. The molecule has 0 radical (unpaired) electrons. The molecule has 2 aromatic rings. The fourth-order valence-electron chi connectivity index (χ4n) is 2.33. The van der Waals surface area contributed by atoms with Gasteiger partial charge in [-0.05, 0) is 41.0 Å². The van der Waals surface area contributed by atoms with E-state index in [1.165, 1.54) is 0 Å². The van der Waals surface area contributed by atoms with Crippen molar-refractivity contribution in [2.45, 2.75) is 6.29 Å². The Morgan fingerprint density at radius 1 is 1.19 bits per heavy atom. The average Bonchev–Trinajstić information content (AvgIpc) is 2.81. The van der Waals surface area contributed by atoms with Crippen molar-refractivity contribution in [3.05, 3.63) is 71.3 Å². The Labute approximate surface area is 122 Å². The highest BCUT2D eigenvalue weighted by Crippen LogP contribution is 2.32. The minimum atomic E-state index is -1.20. The van der Waals surface area contributed by atoms with Crippen molar-refractivity contribution < 1.29 is 19.4 Å². The Kier molecular flexibility index (Phi) is 3.23. The van der Waals surface area contributed by atoms with Gasteiger partial charge in [-0.25, -0.2) is 4.79 Å². The molecule has 1 aliphatic heterocycles. The first kappa shape index (κ1) is 13.4. The fourth-order valence-corrected chi connectivity index (χ4v) is 2.33. The van der Waals surface area contributed by atoms with Crippen LogP contribution in [0.3, 0.4) is 0 Å². The summed E-state index contributed by atoms with van der Waals surface area (Å²) in [5.41, 5.74) is 3.44. The molecule has 1 atom stereocenters. The fraction of sp³-hybridized carbons (Fsp3) is 0.118. The Bertz CT molecular complexity index is 716. The molecule has 1 N–H and O–H groups in total. The molecule has 0 bridgehead atoms. The second-order valence-electron chi connectivity index (χ2n) is 4.77. The largest absolute Gasteiger partial charge is 0.497 e. The molecular weight excluding hydrogens is 268 g/mol. The van der Waals surface area contributed by atoms with Gasteiger partial charge in [-0.1, -0.05) is 24.8 Å². The average molecular weight is 282 g/mol. The van der Waals surface area contributed by atoms with E-state index in [2.05, 4.69) is 6.58 Å². The van der Waals surface area contributed by atoms with Crippen LogP contribution < -0.4 is 4.74 Å². The van der Waals surface area contributed by atoms with E-state index in [0.717, 1.165) is 22.4 Å². The number of fused-ring (bicyclic) bond motifs is 1. The molecule has 4 nitrogen and oxygen atoms in total. The van der Waals surface area contributed by atoms with E-state index in [-0.39, 0.29) is 0 Å². The van der Waals surface area contributed by atoms with Gasteiger partial charge < -0.3 is 14.6 Å². The summed E-state index contributed by atoms with van der Waals surface area (Å²) in [6.45, 7) is 4.07. The summed E-state index contributed by atoms with van der Waals surface area (Å²) in [5.74, 6) is 0.272. The number of hydrogen-bond acceptors (Lipinski definition) is 4. The number of carbonyl (C=O) groups excluding carboxylic acids is 1. The van der Waals surface area contributed by atoms with Crippen LogP contribution in [-0.2, 0) is 4.74 Å². The lowest BCUT2D eigenvalue weighted by Crippen LogP contribution is -1.95. The molecule has 4 heteroatoms. The maximum absolute atomic E-state index is 11.5. The molecular formula is C17H14O4. The van der Waals surface area contributed by atoms with Crippen molar-refractivity contribution in [1.82, 2.24) is 0 Å². The van der Waals surface area contributed by atoms with Crippen LogP contribution >= 0.6 is 0 Å². The van der Waals surface area contributed by atoms with Gasteiger partial charge >= 0.3 is 5.97 Å². The highest BCUT2D eigenvalue weighted by atomic mass is 16.6. The summed E-state index contributed by atoms with van der Waals surface area (Å²) in [5, 5.41) is 9.71. The predicted molar refractivity (Wildman–Crippen MR) is 77.9 cm³/mol. The lowest BCUT2D eigenvalue weighted by atomic mass is 9.96. The summed E-state index contributed by atoms with van der Waals surface area (Å²) < 4.78 is 9.90. The van der Waals surface area contributed by atoms with Crippen molar-refractivity contribution in [2.24, 2.45) is 0 Å². The number of ether oxygens (including phenoxy) is 2. The van der Waals surface area contributed by atoms with E-state index in [0.29, 0.717) is 11.1 Å². The number of aliphatic hydroxyl groups is 1. The van der Waals surface area contributed by atoms with E-state index in [9.17, 15) is 9.90 Å². The lowest BCUT2D eigenvalue weighted by Gasteiger charge is -2.09. The summed E-state index contributed by atoms with van der Waals surface area (Å²) in [4.78, 5) is 11.5. The van der Waals surface area contributed by atoms with Gasteiger partial charge in [0.25, 0.3) is 0 Å². The second-order valence-corrected chi connectivity index (χ2v) is 4.77. The predicted octanol–water partition coefficient (Wildman–Crippen LogP) is 2.92. The number of methoxy groups -OCH3 is 1. The van der Waals surface area contributed by atoms with Gasteiger partial charge in [0.15, 0.2) is 0 Å². The molecule has 0 spiro atoms. The third-order valence-corrected chi connectivity index (χ3v) is 3.54. The Morgan fingerprint density at radius 2 is 1.86 bits per heavy atom. The van der Waals surface area contributed by atoms with Gasteiger partial charge in [0, 0.05) is 5.56 Å². The topological polar surface area (TPSA) is 55.8 Å². The summed E-state index contributed by atoms with van der Waals surface area (Å²) >= 11 is 0. The zero-order chi connectivity index (χ0) is 15.0. The Balaban J connectivity index is 1.95. The monoisotopic (exact) mass is 282 g/mol. The molecule has 2 aromatic carbocycles. The SMILES string of the molecule is C=C(c1ccc(OC)cc1)c1ccc2c(c1)C(O)OC2=O. The first-order valence-electron chi connectivity index (χ1n) is 6.47. The summed E-state index contributed by atoms with van der Waals surface area (Å²) in [6.07, 6.45) is -1.20. The maximum Gasteiger partial charge on any atom is 0.341 e. The highest BCUT2D eigenvalue weighted by molar-refractivity contribution is 5.94. The van der Waals surface area contributed by atoms with Gasteiger partial charge in [-0.3, -0.25) is 0 Å². The molecule has 3 rings (SSSR count). The number of rotatable bonds is 3. The molecule has 21 heavy (non-hydrogen) atoms. The molecule has 0 saturated carbocycles. The van der Waals surface area contributed by atoms with Crippen LogP contribution in [0, 0.1) is 0 Å². The molecule has 1 aliphatic rings.